The van der Waals surface area contributed by atoms with Crippen molar-refractivity contribution in [1.82, 2.24) is 10.6 Å². The topological polar surface area (TPSA) is 72.0 Å². The summed E-state index contributed by atoms with van der Waals surface area (Å²) in [4.78, 5) is 15.9. The molecule has 0 atom stereocenters. The Hall–Kier alpha value is -3.23. The summed E-state index contributed by atoms with van der Waals surface area (Å²) in [7, 11) is 1.33. The van der Waals surface area contributed by atoms with E-state index in [1.165, 1.54) is 19.2 Å². The van der Waals surface area contributed by atoms with Crippen molar-refractivity contribution >= 4 is 11.9 Å². The van der Waals surface area contributed by atoms with Crippen LogP contribution in [0.25, 0.3) is 0 Å². The predicted octanol–water partition coefficient (Wildman–Crippen LogP) is 3.67. The Morgan fingerprint density at radius 3 is 2.20 bits per heavy atom. The van der Waals surface area contributed by atoms with Crippen molar-refractivity contribution in [1.29, 1.82) is 0 Å². The van der Waals surface area contributed by atoms with Gasteiger partial charge < -0.3 is 20.1 Å². The van der Waals surface area contributed by atoms with Crippen LogP contribution in [0.3, 0.4) is 0 Å². The second kappa shape index (κ2) is 11.1. The summed E-state index contributed by atoms with van der Waals surface area (Å²) in [6.07, 6.45) is -4.37. The van der Waals surface area contributed by atoms with Crippen LogP contribution in [0.4, 0.5) is 13.2 Å². The summed E-state index contributed by atoms with van der Waals surface area (Å²) in [6.45, 7) is 2.12. The van der Waals surface area contributed by atoms with Crippen LogP contribution < -0.4 is 15.4 Å². The average molecular weight is 423 g/mol. The molecule has 0 unspecified atom stereocenters. The molecule has 0 bridgehead atoms. The van der Waals surface area contributed by atoms with Crippen LogP contribution in [0.15, 0.2) is 53.5 Å². The summed E-state index contributed by atoms with van der Waals surface area (Å²) >= 11 is 0. The smallest absolute Gasteiger partial charge is 0.422 e. The number of benzene rings is 2. The molecule has 2 aromatic rings. The number of hydrogen-bond donors (Lipinski definition) is 2. The van der Waals surface area contributed by atoms with Crippen molar-refractivity contribution in [3.8, 4) is 5.75 Å². The highest BCUT2D eigenvalue weighted by Crippen LogP contribution is 2.19. The number of rotatable bonds is 8. The Morgan fingerprint density at radius 1 is 1.00 bits per heavy atom. The van der Waals surface area contributed by atoms with E-state index in [-0.39, 0.29) is 11.7 Å². The minimum Gasteiger partial charge on any atom is -0.484 e. The molecule has 2 aromatic carbocycles. The normalized spacial score (nSPS) is 11.7. The van der Waals surface area contributed by atoms with Gasteiger partial charge in [0, 0.05) is 13.1 Å². The first-order chi connectivity index (χ1) is 14.3. The summed E-state index contributed by atoms with van der Waals surface area (Å²) in [5.41, 5.74) is 2.26. The third-order valence-electron chi connectivity index (χ3n) is 3.92. The van der Waals surface area contributed by atoms with Crippen LogP contribution in [0.5, 0.6) is 5.75 Å². The molecule has 0 heterocycles. The lowest BCUT2D eigenvalue weighted by Gasteiger charge is -2.12. The molecule has 0 fully saturated rings. The minimum absolute atomic E-state index is 0.153. The molecule has 0 spiro atoms. The molecular weight excluding hydrogens is 399 g/mol. The molecule has 0 saturated carbocycles. The number of esters is 1. The van der Waals surface area contributed by atoms with Gasteiger partial charge in [0.2, 0.25) is 0 Å². The number of alkyl halides is 3. The SMILES string of the molecule is CCNC(=NCc1ccc(OCC(F)(F)F)cc1)NCc1ccc(C(=O)OC)cc1. The standard InChI is InChI=1S/C21H24F3N3O3/c1-3-25-20(26-12-15-4-8-17(9-5-15)19(28)29-2)27-13-16-6-10-18(11-7-16)30-14-21(22,23)24/h4-11H,3,12-14H2,1-2H3,(H2,25,26,27). The average Bonchev–Trinajstić information content (AvgIpc) is 2.74. The zero-order valence-electron chi connectivity index (χ0n) is 16.8. The van der Waals surface area contributed by atoms with Crippen LogP contribution in [0.1, 0.15) is 28.4 Å². The van der Waals surface area contributed by atoms with Gasteiger partial charge in [-0.3, -0.25) is 0 Å². The molecule has 0 aliphatic carbocycles. The van der Waals surface area contributed by atoms with E-state index in [0.29, 0.717) is 31.2 Å². The lowest BCUT2D eigenvalue weighted by molar-refractivity contribution is -0.153. The zero-order chi connectivity index (χ0) is 22.0. The Kier molecular flexibility index (Phi) is 8.52. The molecule has 6 nitrogen and oxygen atoms in total. The Bertz CT molecular complexity index is 835. The van der Waals surface area contributed by atoms with Gasteiger partial charge >= 0.3 is 12.1 Å². The first-order valence-corrected chi connectivity index (χ1v) is 9.28. The third-order valence-corrected chi connectivity index (χ3v) is 3.92. The fourth-order valence-corrected chi connectivity index (χ4v) is 2.43. The molecule has 0 saturated heterocycles. The number of carbonyl (C=O) groups is 1. The number of aliphatic imine (C=N–C) groups is 1. The van der Waals surface area contributed by atoms with Crippen LogP contribution in [-0.4, -0.2) is 38.4 Å². The highest BCUT2D eigenvalue weighted by Gasteiger charge is 2.28. The van der Waals surface area contributed by atoms with Gasteiger partial charge in [0.05, 0.1) is 19.2 Å². The molecule has 0 aromatic heterocycles. The quantitative estimate of drug-likeness (QED) is 0.385. The van der Waals surface area contributed by atoms with Crippen molar-refractivity contribution in [2.45, 2.75) is 26.2 Å². The fraction of sp³-hybridized carbons (Fsp3) is 0.333. The molecule has 2 rings (SSSR count). The van der Waals surface area contributed by atoms with E-state index in [9.17, 15) is 18.0 Å². The number of hydrogen-bond acceptors (Lipinski definition) is 4. The second-order valence-electron chi connectivity index (χ2n) is 6.29. The van der Waals surface area contributed by atoms with E-state index in [1.54, 1.807) is 24.3 Å². The van der Waals surface area contributed by atoms with Crippen molar-refractivity contribution in [3.63, 3.8) is 0 Å². The maximum Gasteiger partial charge on any atom is 0.422 e. The summed E-state index contributed by atoms with van der Waals surface area (Å²) in [5, 5.41) is 6.32. The summed E-state index contributed by atoms with van der Waals surface area (Å²) < 4.78 is 45.9. The van der Waals surface area contributed by atoms with Crippen LogP contribution in [0.2, 0.25) is 0 Å². The van der Waals surface area contributed by atoms with E-state index < -0.39 is 12.8 Å². The maximum atomic E-state index is 12.2. The van der Waals surface area contributed by atoms with E-state index in [1.807, 2.05) is 19.1 Å². The molecule has 0 radical (unpaired) electrons. The van der Waals surface area contributed by atoms with Gasteiger partial charge in [-0.05, 0) is 42.3 Å². The summed E-state index contributed by atoms with van der Waals surface area (Å²) in [6, 6.07) is 13.3. The van der Waals surface area contributed by atoms with Gasteiger partial charge in [-0.1, -0.05) is 24.3 Å². The molecule has 0 aliphatic rings. The number of halogens is 3. The minimum atomic E-state index is -4.37. The van der Waals surface area contributed by atoms with Crippen molar-refractivity contribution < 1.29 is 27.4 Å². The lowest BCUT2D eigenvalue weighted by Crippen LogP contribution is -2.36. The van der Waals surface area contributed by atoms with Crippen molar-refractivity contribution in [2.75, 3.05) is 20.3 Å². The highest BCUT2D eigenvalue weighted by molar-refractivity contribution is 5.89. The molecule has 0 amide bonds. The van der Waals surface area contributed by atoms with Crippen LogP contribution in [-0.2, 0) is 17.8 Å². The fourth-order valence-electron chi connectivity index (χ4n) is 2.43. The van der Waals surface area contributed by atoms with Gasteiger partial charge in [-0.15, -0.1) is 0 Å². The zero-order valence-corrected chi connectivity index (χ0v) is 16.8. The van der Waals surface area contributed by atoms with E-state index >= 15 is 0 Å². The van der Waals surface area contributed by atoms with Gasteiger partial charge in [-0.25, -0.2) is 9.79 Å². The predicted molar refractivity (Wildman–Crippen MR) is 107 cm³/mol. The highest BCUT2D eigenvalue weighted by atomic mass is 19.4. The Balaban J connectivity index is 1.91. The molecule has 30 heavy (non-hydrogen) atoms. The van der Waals surface area contributed by atoms with Gasteiger partial charge in [-0.2, -0.15) is 13.2 Å². The number of nitrogens with one attached hydrogen (secondary N) is 2. The van der Waals surface area contributed by atoms with E-state index in [2.05, 4.69) is 20.4 Å². The molecular formula is C21H24F3N3O3. The molecule has 9 heteroatoms. The number of nitrogens with zero attached hydrogens (tertiary/aromatic N) is 1. The van der Waals surface area contributed by atoms with E-state index in [0.717, 1.165) is 11.1 Å². The van der Waals surface area contributed by atoms with Gasteiger partial charge in [0.25, 0.3) is 0 Å². The van der Waals surface area contributed by atoms with Crippen LogP contribution >= 0.6 is 0 Å². The molecule has 2 N–H and O–H groups in total. The van der Waals surface area contributed by atoms with Gasteiger partial charge in [0.15, 0.2) is 12.6 Å². The maximum absolute atomic E-state index is 12.2. The molecule has 162 valence electrons. The summed E-state index contributed by atoms with van der Waals surface area (Å²) in [5.74, 6) is 0.353. The number of ether oxygens (including phenoxy) is 2. The monoisotopic (exact) mass is 423 g/mol. The number of methoxy groups -OCH3 is 1. The third kappa shape index (κ3) is 8.02. The number of carbonyl (C=O) groups excluding carboxylic acids is 1. The first-order valence-electron chi connectivity index (χ1n) is 9.28. The lowest BCUT2D eigenvalue weighted by atomic mass is 10.1. The molecule has 0 aliphatic heterocycles. The second-order valence-corrected chi connectivity index (χ2v) is 6.29. The largest absolute Gasteiger partial charge is 0.484 e. The van der Waals surface area contributed by atoms with Crippen molar-refractivity contribution in [3.05, 3.63) is 65.2 Å². The van der Waals surface area contributed by atoms with Crippen molar-refractivity contribution in [2.24, 2.45) is 4.99 Å². The Morgan fingerprint density at radius 2 is 1.63 bits per heavy atom. The van der Waals surface area contributed by atoms with Crippen LogP contribution in [0, 0.1) is 0 Å². The Labute approximate surface area is 173 Å². The first kappa shape index (κ1) is 23.1. The number of guanidine groups is 1. The van der Waals surface area contributed by atoms with Gasteiger partial charge in [0.1, 0.15) is 5.75 Å². The van der Waals surface area contributed by atoms with E-state index in [4.69, 9.17) is 4.74 Å².